The first-order valence-electron chi connectivity index (χ1n) is 6.90. The van der Waals surface area contributed by atoms with Crippen LogP contribution in [0.4, 0.5) is 17.3 Å². The van der Waals surface area contributed by atoms with E-state index in [0.29, 0.717) is 0 Å². The number of hydrogen-bond acceptors (Lipinski definition) is 5. The molecule has 1 aromatic heterocycles. The maximum Gasteiger partial charge on any atom is 0.135 e. The van der Waals surface area contributed by atoms with Crippen molar-refractivity contribution in [2.75, 3.05) is 36.5 Å². The van der Waals surface area contributed by atoms with Crippen LogP contribution in [0.2, 0.25) is 0 Å². The molecule has 0 bridgehead atoms. The molecule has 1 aliphatic rings. The lowest BCUT2D eigenvalue weighted by Crippen LogP contribution is -2.36. The zero-order chi connectivity index (χ0) is 14.7. The van der Waals surface area contributed by atoms with Gasteiger partial charge in [-0.05, 0) is 30.7 Å². The highest BCUT2D eigenvalue weighted by atomic mass is 79.9. The predicted molar refractivity (Wildman–Crippen MR) is 87.2 cm³/mol. The van der Waals surface area contributed by atoms with Gasteiger partial charge in [-0.1, -0.05) is 15.9 Å². The lowest BCUT2D eigenvalue weighted by atomic mass is 10.2. The van der Waals surface area contributed by atoms with Crippen LogP contribution in [0.1, 0.15) is 5.56 Å². The molecule has 2 aromatic rings. The van der Waals surface area contributed by atoms with Crippen LogP contribution in [0.3, 0.4) is 0 Å². The third-order valence-corrected chi connectivity index (χ3v) is 3.93. The number of ether oxygens (including phenoxy) is 1. The van der Waals surface area contributed by atoms with E-state index < -0.39 is 0 Å². The molecule has 3 rings (SSSR count). The van der Waals surface area contributed by atoms with E-state index in [-0.39, 0.29) is 0 Å². The third-order valence-electron chi connectivity index (χ3n) is 3.44. The summed E-state index contributed by atoms with van der Waals surface area (Å²) < 4.78 is 6.44. The minimum atomic E-state index is 0.749. The topological polar surface area (TPSA) is 50.3 Å². The first-order valence-corrected chi connectivity index (χ1v) is 7.69. The van der Waals surface area contributed by atoms with E-state index in [1.165, 1.54) is 0 Å². The maximum atomic E-state index is 5.37. The molecule has 21 heavy (non-hydrogen) atoms. The Labute approximate surface area is 132 Å². The second-order valence-electron chi connectivity index (χ2n) is 4.95. The summed E-state index contributed by atoms with van der Waals surface area (Å²) in [6, 6.07) is 8.11. The average Bonchev–Trinajstić information content (AvgIpc) is 2.51. The molecule has 110 valence electrons. The molecule has 0 radical (unpaired) electrons. The lowest BCUT2D eigenvalue weighted by Gasteiger charge is -2.27. The molecule has 0 amide bonds. The van der Waals surface area contributed by atoms with Gasteiger partial charge in [0.2, 0.25) is 0 Å². The Balaban J connectivity index is 1.79. The molecule has 0 atom stereocenters. The average molecular weight is 349 g/mol. The van der Waals surface area contributed by atoms with Crippen molar-refractivity contribution in [3.05, 3.63) is 40.6 Å². The van der Waals surface area contributed by atoms with Crippen molar-refractivity contribution < 1.29 is 4.74 Å². The molecule has 0 unspecified atom stereocenters. The van der Waals surface area contributed by atoms with Gasteiger partial charge in [0, 0.05) is 29.3 Å². The Hall–Kier alpha value is -1.66. The molecule has 1 aromatic carbocycles. The van der Waals surface area contributed by atoms with Crippen LogP contribution in [-0.4, -0.2) is 36.3 Å². The van der Waals surface area contributed by atoms with E-state index in [9.17, 15) is 0 Å². The molecule has 0 saturated carbocycles. The fourth-order valence-electron chi connectivity index (χ4n) is 2.29. The molecule has 0 aliphatic carbocycles. The normalized spacial score (nSPS) is 15.0. The third kappa shape index (κ3) is 3.51. The summed E-state index contributed by atoms with van der Waals surface area (Å²) in [6.07, 6.45) is 1.60. The monoisotopic (exact) mass is 348 g/mol. The number of aromatic nitrogens is 2. The summed E-state index contributed by atoms with van der Waals surface area (Å²) in [5.41, 5.74) is 2.21. The second-order valence-corrected chi connectivity index (χ2v) is 5.86. The molecule has 1 aliphatic heterocycles. The molecule has 1 N–H and O–H groups in total. The van der Waals surface area contributed by atoms with Gasteiger partial charge in [-0.15, -0.1) is 0 Å². The molecule has 0 spiro atoms. The zero-order valence-corrected chi connectivity index (χ0v) is 13.4. The van der Waals surface area contributed by atoms with Gasteiger partial charge in [-0.25, -0.2) is 9.97 Å². The van der Waals surface area contributed by atoms with Crippen molar-refractivity contribution in [2.24, 2.45) is 0 Å². The van der Waals surface area contributed by atoms with Gasteiger partial charge >= 0.3 is 0 Å². The number of halogens is 1. The van der Waals surface area contributed by atoms with Crippen molar-refractivity contribution in [1.29, 1.82) is 0 Å². The molecule has 1 fully saturated rings. The maximum absolute atomic E-state index is 5.37. The van der Waals surface area contributed by atoms with E-state index in [1.54, 1.807) is 6.33 Å². The fraction of sp³-hybridized carbons (Fsp3) is 0.333. The van der Waals surface area contributed by atoms with E-state index in [2.05, 4.69) is 49.1 Å². The Morgan fingerprint density at radius 1 is 1.19 bits per heavy atom. The smallest absolute Gasteiger partial charge is 0.135 e. The first-order chi connectivity index (χ1) is 10.2. The fourth-order valence-corrected chi connectivity index (χ4v) is 2.76. The van der Waals surface area contributed by atoms with Gasteiger partial charge in [0.05, 0.1) is 13.2 Å². The number of nitrogens with zero attached hydrogens (tertiary/aromatic N) is 3. The van der Waals surface area contributed by atoms with Crippen LogP contribution in [0.5, 0.6) is 0 Å². The lowest BCUT2D eigenvalue weighted by molar-refractivity contribution is 0.122. The van der Waals surface area contributed by atoms with Gasteiger partial charge in [0.1, 0.15) is 18.0 Å². The van der Waals surface area contributed by atoms with Crippen molar-refractivity contribution in [3.63, 3.8) is 0 Å². The van der Waals surface area contributed by atoms with Crippen molar-refractivity contribution in [1.82, 2.24) is 9.97 Å². The van der Waals surface area contributed by atoms with Gasteiger partial charge in [0.15, 0.2) is 0 Å². The van der Waals surface area contributed by atoms with Crippen molar-refractivity contribution in [2.45, 2.75) is 6.92 Å². The Kier molecular flexibility index (Phi) is 4.36. The number of hydrogen-bond donors (Lipinski definition) is 1. The van der Waals surface area contributed by atoms with E-state index in [1.807, 2.05) is 18.2 Å². The summed E-state index contributed by atoms with van der Waals surface area (Å²) in [6.45, 7) is 5.30. The summed E-state index contributed by atoms with van der Waals surface area (Å²) in [4.78, 5) is 10.9. The molecule has 1 saturated heterocycles. The summed E-state index contributed by atoms with van der Waals surface area (Å²) in [5.74, 6) is 1.74. The number of anilines is 3. The van der Waals surface area contributed by atoms with E-state index in [0.717, 1.165) is 53.7 Å². The van der Waals surface area contributed by atoms with Crippen LogP contribution in [0.15, 0.2) is 35.1 Å². The van der Waals surface area contributed by atoms with Gasteiger partial charge in [-0.2, -0.15) is 0 Å². The van der Waals surface area contributed by atoms with E-state index >= 15 is 0 Å². The van der Waals surface area contributed by atoms with Crippen LogP contribution >= 0.6 is 15.9 Å². The standard InChI is InChI=1S/C15H17BrN4O/c1-11-8-12(16)2-3-13(11)19-14-9-15(18-10-17-14)20-4-6-21-7-5-20/h2-3,8-10H,4-7H2,1H3,(H,17,18,19). The van der Waals surface area contributed by atoms with E-state index in [4.69, 9.17) is 4.74 Å². The molecule has 5 nitrogen and oxygen atoms in total. The van der Waals surface area contributed by atoms with Crippen LogP contribution < -0.4 is 10.2 Å². The molecular formula is C15H17BrN4O. The highest BCUT2D eigenvalue weighted by Gasteiger charge is 2.13. The molecule has 2 heterocycles. The number of nitrogens with one attached hydrogen (secondary N) is 1. The number of aryl methyl sites for hydroxylation is 1. The number of benzene rings is 1. The quantitative estimate of drug-likeness (QED) is 0.923. The highest BCUT2D eigenvalue weighted by molar-refractivity contribution is 9.10. The summed E-state index contributed by atoms with van der Waals surface area (Å²) in [5, 5.41) is 3.35. The van der Waals surface area contributed by atoms with Crippen molar-refractivity contribution in [3.8, 4) is 0 Å². The number of morpholine rings is 1. The van der Waals surface area contributed by atoms with Crippen LogP contribution in [-0.2, 0) is 4.74 Å². The zero-order valence-electron chi connectivity index (χ0n) is 11.8. The van der Waals surface area contributed by atoms with Gasteiger partial charge < -0.3 is 15.0 Å². The number of rotatable bonds is 3. The summed E-state index contributed by atoms with van der Waals surface area (Å²) >= 11 is 3.47. The molecule has 6 heteroatoms. The van der Waals surface area contributed by atoms with Crippen molar-refractivity contribution >= 4 is 33.3 Å². The first kappa shape index (κ1) is 14.3. The minimum absolute atomic E-state index is 0.749. The second kappa shape index (κ2) is 6.41. The van der Waals surface area contributed by atoms with Gasteiger partial charge in [-0.3, -0.25) is 0 Å². The minimum Gasteiger partial charge on any atom is -0.378 e. The van der Waals surface area contributed by atoms with Gasteiger partial charge in [0.25, 0.3) is 0 Å². The highest BCUT2D eigenvalue weighted by Crippen LogP contribution is 2.24. The summed E-state index contributed by atoms with van der Waals surface area (Å²) in [7, 11) is 0. The SMILES string of the molecule is Cc1cc(Br)ccc1Nc1cc(N2CCOCC2)ncn1. The Morgan fingerprint density at radius 3 is 2.76 bits per heavy atom. The predicted octanol–water partition coefficient (Wildman–Crippen LogP) is 3.13. The van der Waals surface area contributed by atoms with Crippen LogP contribution in [0.25, 0.3) is 0 Å². The largest absolute Gasteiger partial charge is 0.378 e. The molecular weight excluding hydrogens is 332 g/mol. The Morgan fingerprint density at radius 2 is 2.00 bits per heavy atom. The van der Waals surface area contributed by atoms with Crippen LogP contribution in [0, 0.1) is 6.92 Å². The Bertz CT molecular complexity index is 629.